The number of carboxylic acids is 1. The fourth-order valence-electron chi connectivity index (χ4n) is 2.24. The van der Waals surface area contributed by atoms with E-state index in [-0.39, 0.29) is 24.8 Å². The third-order valence-corrected chi connectivity index (χ3v) is 3.36. The first-order chi connectivity index (χ1) is 9.36. The summed E-state index contributed by atoms with van der Waals surface area (Å²) < 4.78 is 0. The molecule has 3 amide bonds. The number of imide groups is 1. The van der Waals surface area contributed by atoms with Gasteiger partial charge in [-0.05, 0) is 38.9 Å². The molecule has 1 aliphatic rings. The molecule has 1 aliphatic heterocycles. The number of aliphatic carboxylic acids is 1. The van der Waals surface area contributed by atoms with Crippen molar-refractivity contribution in [2.75, 3.05) is 20.1 Å². The number of carboxylic acid groups (broad SMARTS) is 1. The van der Waals surface area contributed by atoms with Gasteiger partial charge in [-0.15, -0.1) is 0 Å². The van der Waals surface area contributed by atoms with Crippen molar-refractivity contribution in [3.8, 4) is 0 Å². The minimum atomic E-state index is -0.943. The zero-order valence-corrected chi connectivity index (χ0v) is 12.0. The van der Waals surface area contributed by atoms with Crippen LogP contribution in [0.1, 0.15) is 32.6 Å². The Hall–Kier alpha value is -1.63. The van der Waals surface area contributed by atoms with Gasteiger partial charge in [-0.3, -0.25) is 14.9 Å². The highest BCUT2D eigenvalue weighted by Gasteiger charge is 2.20. The Bertz CT molecular complexity index is 365. The summed E-state index contributed by atoms with van der Waals surface area (Å²) in [5, 5.41) is 13.6. The van der Waals surface area contributed by atoms with Crippen LogP contribution in [0.15, 0.2) is 0 Å². The summed E-state index contributed by atoms with van der Waals surface area (Å²) in [6, 6.07) is -0.400. The van der Waals surface area contributed by atoms with Gasteiger partial charge in [0, 0.05) is 18.9 Å². The number of hydrogen-bond acceptors (Lipinski definition) is 4. The zero-order chi connectivity index (χ0) is 15.1. The molecule has 1 atom stereocenters. The molecule has 20 heavy (non-hydrogen) atoms. The van der Waals surface area contributed by atoms with Gasteiger partial charge in [-0.25, -0.2) is 4.79 Å². The first-order valence-electron chi connectivity index (χ1n) is 6.87. The number of likely N-dealkylation sites (tertiary alicyclic amines) is 1. The summed E-state index contributed by atoms with van der Waals surface area (Å²) in [6.07, 6.45) is 1.69. The topological polar surface area (TPSA) is 98.7 Å². The zero-order valence-electron chi connectivity index (χ0n) is 12.0. The van der Waals surface area contributed by atoms with Crippen LogP contribution in [0.4, 0.5) is 4.79 Å². The molecule has 0 spiro atoms. The summed E-state index contributed by atoms with van der Waals surface area (Å²) in [5.41, 5.74) is 0. The number of carbonyl (C=O) groups excluding carboxylic acids is 2. The Morgan fingerprint density at radius 3 is 2.40 bits per heavy atom. The molecular weight excluding hydrogens is 262 g/mol. The highest BCUT2D eigenvalue weighted by molar-refractivity contribution is 5.94. The number of rotatable bonds is 5. The number of amides is 3. The van der Waals surface area contributed by atoms with Gasteiger partial charge in [0.05, 0.1) is 0 Å². The highest BCUT2D eigenvalue weighted by atomic mass is 16.4. The number of nitrogens with one attached hydrogen (secondary N) is 2. The van der Waals surface area contributed by atoms with Crippen molar-refractivity contribution in [3.05, 3.63) is 0 Å². The van der Waals surface area contributed by atoms with Crippen LogP contribution < -0.4 is 10.6 Å². The maximum atomic E-state index is 11.6. The standard InChI is InChI=1S/C13H23N3O4/c1-9(8-12(18)19)7-11(17)15-13(20)14-10-3-5-16(2)6-4-10/h9-10H,3-8H2,1-2H3,(H,18,19)(H2,14,15,17,20). The molecule has 0 saturated carbocycles. The average Bonchev–Trinajstić information content (AvgIpc) is 2.30. The van der Waals surface area contributed by atoms with Gasteiger partial charge in [0.1, 0.15) is 0 Å². The number of hydrogen-bond donors (Lipinski definition) is 3. The van der Waals surface area contributed by atoms with Gasteiger partial charge < -0.3 is 15.3 Å². The lowest BCUT2D eigenvalue weighted by atomic mass is 10.0. The molecule has 7 heteroatoms. The van der Waals surface area contributed by atoms with E-state index in [4.69, 9.17) is 5.11 Å². The molecule has 0 bridgehead atoms. The average molecular weight is 285 g/mol. The van der Waals surface area contributed by atoms with Crippen molar-refractivity contribution in [2.45, 2.75) is 38.6 Å². The Balaban J connectivity index is 2.24. The first-order valence-corrected chi connectivity index (χ1v) is 6.87. The molecule has 0 radical (unpaired) electrons. The van der Waals surface area contributed by atoms with E-state index in [1.54, 1.807) is 6.92 Å². The molecule has 0 aromatic carbocycles. The highest BCUT2D eigenvalue weighted by Crippen LogP contribution is 2.08. The Morgan fingerprint density at radius 1 is 1.25 bits per heavy atom. The maximum absolute atomic E-state index is 11.6. The third-order valence-electron chi connectivity index (χ3n) is 3.36. The molecule has 3 N–H and O–H groups in total. The molecular formula is C13H23N3O4. The SMILES string of the molecule is CC(CC(=O)O)CC(=O)NC(=O)NC1CCN(C)CC1. The maximum Gasteiger partial charge on any atom is 0.321 e. The second-order valence-electron chi connectivity index (χ2n) is 5.51. The van der Waals surface area contributed by atoms with Crippen LogP contribution in [0.5, 0.6) is 0 Å². The van der Waals surface area contributed by atoms with Crippen molar-refractivity contribution in [1.29, 1.82) is 0 Å². The molecule has 7 nitrogen and oxygen atoms in total. The lowest BCUT2D eigenvalue weighted by Crippen LogP contribution is -2.48. The van der Waals surface area contributed by atoms with E-state index in [1.807, 2.05) is 7.05 Å². The van der Waals surface area contributed by atoms with E-state index in [0.29, 0.717) is 0 Å². The van der Waals surface area contributed by atoms with E-state index < -0.39 is 17.9 Å². The minimum Gasteiger partial charge on any atom is -0.481 e. The van der Waals surface area contributed by atoms with Crippen LogP contribution in [-0.2, 0) is 9.59 Å². The van der Waals surface area contributed by atoms with E-state index in [0.717, 1.165) is 25.9 Å². The van der Waals surface area contributed by atoms with Crippen molar-refractivity contribution in [3.63, 3.8) is 0 Å². The lowest BCUT2D eigenvalue weighted by molar-refractivity contribution is -0.138. The van der Waals surface area contributed by atoms with Crippen LogP contribution in [0.2, 0.25) is 0 Å². The summed E-state index contributed by atoms with van der Waals surface area (Å²) >= 11 is 0. The molecule has 1 heterocycles. The van der Waals surface area contributed by atoms with Crippen LogP contribution >= 0.6 is 0 Å². The smallest absolute Gasteiger partial charge is 0.321 e. The van der Waals surface area contributed by atoms with Gasteiger partial charge in [-0.1, -0.05) is 6.92 Å². The molecule has 1 unspecified atom stereocenters. The minimum absolute atomic E-state index is 0.0348. The quantitative estimate of drug-likeness (QED) is 0.679. The largest absolute Gasteiger partial charge is 0.481 e. The Labute approximate surface area is 118 Å². The molecule has 0 aromatic heterocycles. The number of nitrogens with zero attached hydrogens (tertiary/aromatic N) is 1. The summed E-state index contributed by atoms with van der Waals surface area (Å²) in [4.78, 5) is 35.9. The van der Waals surface area contributed by atoms with Crippen molar-refractivity contribution in [1.82, 2.24) is 15.5 Å². The molecule has 114 valence electrons. The van der Waals surface area contributed by atoms with Crippen LogP contribution in [0.3, 0.4) is 0 Å². The monoisotopic (exact) mass is 285 g/mol. The predicted octanol–water partition coefficient (Wildman–Crippen LogP) is 0.407. The van der Waals surface area contributed by atoms with Crippen LogP contribution in [0.25, 0.3) is 0 Å². The predicted molar refractivity (Wildman–Crippen MR) is 73.2 cm³/mol. The Morgan fingerprint density at radius 2 is 1.85 bits per heavy atom. The molecule has 0 aliphatic carbocycles. The third kappa shape index (κ3) is 6.51. The molecule has 0 aromatic rings. The Kier molecular flexibility index (Phi) is 6.44. The van der Waals surface area contributed by atoms with Crippen LogP contribution in [0, 0.1) is 5.92 Å². The van der Waals surface area contributed by atoms with E-state index in [1.165, 1.54) is 0 Å². The van der Waals surface area contributed by atoms with Gasteiger partial charge >= 0.3 is 12.0 Å². The van der Waals surface area contributed by atoms with E-state index in [9.17, 15) is 14.4 Å². The summed E-state index contributed by atoms with van der Waals surface area (Å²) in [5.74, 6) is -1.67. The first kappa shape index (κ1) is 16.4. The number of urea groups is 1. The fraction of sp³-hybridized carbons (Fsp3) is 0.769. The normalized spacial score (nSPS) is 18.3. The second-order valence-corrected chi connectivity index (χ2v) is 5.51. The molecule has 1 fully saturated rings. The van der Waals surface area contributed by atoms with Gasteiger partial charge in [0.15, 0.2) is 0 Å². The summed E-state index contributed by atoms with van der Waals surface area (Å²) in [7, 11) is 2.03. The lowest BCUT2D eigenvalue weighted by Gasteiger charge is -2.29. The number of carbonyl (C=O) groups is 3. The van der Waals surface area contributed by atoms with Crippen molar-refractivity contribution < 1.29 is 19.5 Å². The summed E-state index contributed by atoms with van der Waals surface area (Å²) in [6.45, 7) is 3.52. The van der Waals surface area contributed by atoms with Crippen molar-refractivity contribution in [2.24, 2.45) is 5.92 Å². The van der Waals surface area contributed by atoms with Gasteiger partial charge in [0.25, 0.3) is 0 Å². The van der Waals surface area contributed by atoms with Crippen molar-refractivity contribution >= 4 is 17.9 Å². The molecule has 1 rings (SSSR count). The van der Waals surface area contributed by atoms with E-state index >= 15 is 0 Å². The van der Waals surface area contributed by atoms with Gasteiger partial charge in [-0.2, -0.15) is 0 Å². The van der Waals surface area contributed by atoms with Gasteiger partial charge in [0.2, 0.25) is 5.91 Å². The fourth-order valence-corrected chi connectivity index (χ4v) is 2.24. The second kappa shape index (κ2) is 7.84. The number of piperidine rings is 1. The van der Waals surface area contributed by atoms with E-state index in [2.05, 4.69) is 15.5 Å². The van der Waals surface area contributed by atoms with Crippen LogP contribution in [-0.4, -0.2) is 54.1 Å². The molecule has 1 saturated heterocycles.